The highest BCUT2D eigenvalue weighted by Crippen LogP contribution is 2.17. The van der Waals surface area contributed by atoms with E-state index in [2.05, 4.69) is 32.9 Å². The number of hydrogen-bond acceptors (Lipinski definition) is 2. The number of rotatable bonds is 45. The lowest BCUT2D eigenvalue weighted by molar-refractivity contribution is -0.143. The summed E-state index contributed by atoms with van der Waals surface area (Å²) in [5.74, 6) is 0.913. The lowest BCUT2D eigenvalue weighted by Crippen LogP contribution is -2.05. The molecule has 0 aliphatic carbocycles. The van der Waals surface area contributed by atoms with Crippen LogP contribution < -0.4 is 0 Å². The summed E-state index contributed by atoms with van der Waals surface area (Å²) in [5, 5.41) is 0. The largest absolute Gasteiger partial charge is 0.466 e. The Kier molecular flexibility index (Phi) is 45.7. The average Bonchev–Trinajstić information content (AvgIpc) is 3.13. The summed E-state index contributed by atoms with van der Waals surface area (Å²) in [6.07, 6.45) is 61.9. The van der Waals surface area contributed by atoms with E-state index in [1.165, 1.54) is 250 Å². The Labute approximate surface area is 329 Å². The van der Waals surface area contributed by atoms with E-state index in [9.17, 15) is 4.79 Å². The molecule has 2 heteroatoms. The summed E-state index contributed by atoms with van der Waals surface area (Å²) in [6, 6.07) is 0. The molecule has 0 unspecified atom stereocenters. The number of carbonyl (C=O) groups is 1. The van der Waals surface area contributed by atoms with Crippen molar-refractivity contribution in [2.75, 3.05) is 6.61 Å². The van der Waals surface area contributed by atoms with E-state index in [0.29, 0.717) is 13.0 Å². The first kappa shape index (κ1) is 51.2. The van der Waals surface area contributed by atoms with Gasteiger partial charge in [0.15, 0.2) is 0 Å². The maximum absolute atomic E-state index is 12.0. The molecule has 0 aliphatic rings. The highest BCUT2D eigenvalue weighted by molar-refractivity contribution is 5.69. The Hall–Kier alpha value is -0.790. The van der Waals surface area contributed by atoms with Gasteiger partial charge in [-0.25, -0.2) is 0 Å². The van der Waals surface area contributed by atoms with Crippen molar-refractivity contribution in [2.24, 2.45) is 5.92 Å². The smallest absolute Gasteiger partial charge is 0.305 e. The number of carbonyl (C=O) groups excluding carboxylic acids is 1. The molecule has 0 aromatic rings. The molecule has 0 aliphatic heterocycles. The second-order valence-electron chi connectivity index (χ2n) is 17.3. The lowest BCUT2D eigenvalue weighted by atomic mass is 10.0. The van der Waals surface area contributed by atoms with Crippen molar-refractivity contribution >= 4 is 5.97 Å². The van der Waals surface area contributed by atoms with Crippen LogP contribution in [0.3, 0.4) is 0 Å². The highest BCUT2D eigenvalue weighted by Gasteiger charge is 2.03. The van der Waals surface area contributed by atoms with Crippen LogP contribution in [-0.4, -0.2) is 12.6 Å². The third kappa shape index (κ3) is 47.2. The summed E-state index contributed by atoms with van der Waals surface area (Å²) >= 11 is 0. The molecule has 0 saturated carbocycles. The topological polar surface area (TPSA) is 26.3 Å². The molecule has 0 bridgehead atoms. The van der Waals surface area contributed by atoms with Gasteiger partial charge in [-0.15, -0.1) is 0 Å². The fraction of sp³-hybridized carbons (Fsp3) is 0.940. The van der Waals surface area contributed by atoms with Gasteiger partial charge in [-0.1, -0.05) is 258 Å². The summed E-state index contributed by atoms with van der Waals surface area (Å²) in [4.78, 5) is 12.0. The Bertz CT molecular complexity index is 682. The zero-order valence-corrected chi connectivity index (χ0v) is 36.5. The molecule has 0 fully saturated rings. The molecule has 0 atom stereocenters. The predicted molar refractivity (Wildman–Crippen MR) is 235 cm³/mol. The molecule has 310 valence electrons. The summed E-state index contributed by atoms with van der Waals surface area (Å²) < 4.78 is 5.49. The van der Waals surface area contributed by atoms with E-state index < -0.39 is 0 Å². The molecule has 0 N–H and O–H groups in total. The first-order valence-electron chi connectivity index (χ1n) is 24.5. The summed E-state index contributed by atoms with van der Waals surface area (Å²) in [5.41, 5.74) is 0. The molecule has 0 amide bonds. The van der Waals surface area contributed by atoms with Gasteiger partial charge in [0.1, 0.15) is 0 Å². The van der Waals surface area contributed by atoms with Gasteiger partial charge in [-0.3, -0.25) is 4.79 Å². The van der Waals surface area contributed by atoms with Gasteiger partial charge in [0.2, 0.25) is 0 Å². The highest BCUT2D eigenvalue weighted by atomic mass is 16.5. The van der Waals surface area contributed by atoms with E-state index in [4.69, 9.17) is 4.74 Å². The minimum absolute atomic E-state index is 0.0279. The van der Waals surface area contributed by atoms with E-state index in [0.717, 1.165) is 18.8 Å². The molecule has 0 heterocycles. The molecular formula is C50H98O2. The van der Waals surface area contributed by atoms with Gasteiger partial charge < -0.3 is 4.74 Å². The number of ether oxygens (including phenoxy) is 1. The van der Waals surface area contributed by atoms with Crippen LogP contribution in [0.2, 0.25) is 0 Å². The van der Waals surface area contributed by atoms with Gasteiger partial charge in [0, 0.05) is 6.42 Å². The maximum Gasteiger partial charge on any atom is 0.305 e. The molecule has 0 radical (unpaired) electrons. The van der Waals surface area contributed by atoms with Crippen molar-refractivity contribution in [3.63, 3.8) is 0 Å². The summed E-state index contributed by atoms with van der Waals surface area (Å²) in [7, 11) is 0. The van der Waals surface area contributed by atoms with Crippen molar-refractivity contribution < 1.29 is 9.53 Å². The SMILES string of the molecule is CCCCCCCCC=CCCCCCCCCCCCC(=O)OCCCCCCCCCCCCCCCCCCCCCCCCCC(C)C. The van der Waals surface area contributed by atoms with Gasteiger partial charge in [-0.05, 0) is 44.4 Å². The van der Waals surface area contributed by atoms with Crippen LogP contribution in [0, 0.1) is 5.92 Å². The van der Waals surface area contributed by atoms with Crippen molar-refractivity contribution in [1.29, 1.82) is 0 Å². The fourth-order valence-electron chi connectivity index (χ4n) is 7.67. The third-order valence-corrected chi connectivity index (χ3v) is 11.3. The van der Waals surface area contributed by atoms with Crippen LogP contribution >= 0.6 is 0 Å². The van der Waals surface area contributed by atoms with Crippen LogP contribution in [0.25, 0.3) is 0 Å². The fourth-order valence-corrected chi connectivity index (χ4v) is 7.67. The van der Waals surface area contributed by atoms with Crippen LogP contribution in [0.5, 0.6) is 0 Å². The molecule has 0 aromatic carbocycles. The second kappa shape index (κ2) is 46.4. The number of esters is 1. The Balaban J connectivity index is 3.17. The molecule has 0 saturated heterocycles. The van der Waals surface area contributed by atoms with Crippen LogP contribution in [0.15, 0.2) is 12.2 Å². The van der Waals surface area contributed by atoms with E-state index in [1.54, 1.807) is 0 Å². The zero-order chi connectivity index (χ0) is 37.7. The Morgan fingerprint density at radius 1 is 0.385 bits per heavy atom. The minimum Gasteiger partial charge on any atom is -0.466 e. The molecule has 52 heavy (non-hydrogen) atoms. The normalized spacial score (nSPS) is 11.8. The quantitative estimate of drug-likeness (QED) is 0.0354. The van der Waals surface area contributed by atoms with Crippen molar-refractivity contribution in [2.45, 2.75) is 290 Å². The van der Waals surface area contributed by atoms with Gasteiger partial charge in [0.05, 0.1) is 6.61 Å². The van der Waals surface area contributed by atoms with Crippen molar-refractivity contribution in [3.8, 4) is 0 Å². The summed E-state index contributed by atoms with van der Waals surface area (Å²) in [6.45, 7) is 7.61. The minimum atomic E-state index is 0.0279. The average molecular weight is 731 g/mol. The molecule has 0 spiro atoms. The van der Waals surface area contributed by atoms with Gasteiger partial charge >= 0.3 is 5.97 Å². The van der Waals surface area contributed by atoms with E-state index >= 15 is 0 Å². The third-order valence-electron chi connectivity index (χ3n) is 11.3. The molecular weight excluding hydrogens is 633 g/mol. The number of unbranched alkanes of at least 4 members (excludes halogenated alkanes) is 37. The van der Waals surface area contributed by atoms with Crippen molar-refractivity contribution in [3.05, 3.63) is 12.2 Å². The maximum atomic E-state index is 12.0. The first-order chi connectivity index (χ1) is 25.7. The Morgan fingerprint density at radius 2 is 0.673 bits per heavy atom. The lowest BCUT2D eigenvalue weighted by Gasteiger charge is -2.06. The van der Waals surface area contributed by atoms with Crippen LogP contribution in [0.4, 0.5) is 0 Å². The van der Waals surface area contributed by atoms with E-state index in [-0.39, 0.29) is 5.97 Å². The first-order valence-corrected chi connectivity index (χ1v) is 24.5. The number of allylic oxidation sites excluding steroid dienone is 2. The Morgan fingerprint density at radius 3 is 1.02 bits per heavy atom. The zero-order valence-electron chi connectivity index (χ0n) is 36.5. The van der Waals surface area contributed by atoms with Gasteiger partial charge in [0.25, 0.3) is 0 Å². The monoisotopic (exact) mass is 731 g/mol. The standard InChI is InChI=1S/C50H98O2/c1-4-5-6-7-8-9-10-11-12-13-19-23-26-29-32-35-38-41-44-47-50(51)52-48-45-42-39-36-33-30-27-24-21-18-16-14-15-17-20-22-25-28-31-34-37-40-43-46-49(2)3/h11-12,49H,4-10,13-48H2,1-3H3. The molecule has 0 aromatic heterocycles. The molecule has 0 rings (SSSR count). The van der Waals surface area contributed by atoms with E-state index in [1.807, 2.05) is 0 Å². The van der Waals surface area contributed by atoms with Gasteiger partial charge in [-0.2, -0.15) is 0 Å². The van der Waals surface area contributed by atoms with Crippen molar-refractivity contribution in [1.82, 2.24) is 0 Å². The van der Waals surface area contributed by atoms with Crippen LogP contribution in [-0.2, 0) is 9.53 Å². The second-order valence-corrected chi connectivity index (χ2v) is 17.3. The van der Waals surface area contributed by atoms with Crippen LogP contribution in [0.1, 0.15) is 290 Å². The molecule has 2 nitrogen and oxygen atoms in total. The predicted octanol–water partition coefficient (Wildman–Crippen LogP) is 18.1. The number of hydrogen-bond donors (Lipinski definition) is 0.